The van der Waals surface area contributed by atoms with Crippen LogP contribution in [0.5, 0.6) is 0 Å². The number of hydrogen-bond donors (Lipinski definition) is 1. The Morgan fingerprint density at radius 1 is 1.43 bits per heavy atom. The first kappa shape index (κ1) is 11.7. The van der Waals surface area contributed by atoms with Crippen molar-refractivity contribution in [2.75, 3.05) is 5.75 Å². The molecule has 80 valence electrons. The molecule has 1 heterocycles. The van der Waals surface area contributed by atoms with Gasteiger partial charge in [0.1, 0.15) is 0 Å². The second-order valence-corrected chi connectivity index (χ2v) is 6.36. The summed E-state index contributed by atoms with van der Waals surface area (Å²) in [4.78, 5) is 2.47. The quantitative estimate of drug-likeness (QED) is 0.812. The number of aryl methyl sites for hydroxylation is 3. The lowest BCUT2D eigenvalue weighted by molar-refractivity contribution is 0.481. The van der Waals surface area contributed by atoms with E-state index in [-0.39, 0.29) is 5.75 Å². The molecular weight excluding hydrogens is 220 g/mol. The zero-order valence-corrected chi connectivity index (χ0v) is 9.91. The summed E-state index contributed by atoms with van der Waals surface area (Å²) < 4.78 is 29.5. The first-order valence-corrected chi connectivity index (χ1v) is 6.82. The van der Waals surface area contributed by atoms with E-state index in [2.05, 4.69) is 6.07 Å². The minimum atomic E-state index is -3.80. The minimum absolute atomic E-state index is 0.151. The summed E-state index contributed by atoms with van der Waals surface area (Å²) in [5, 5.41) is 0. The molecule has 1 aromatic heterocycles. The van der Waals surface area contributed by atoms with Crippen molar-refractivity contribution in [2.24, 2.45) is 0 Å². The maximum absolute atomic E-state index is 10.5. The standard InChI is InChI=1S/C9H14O3S2/c1-7-6-9(8(2)13-7)4-3-5-14(10,11)12/h6H,3-5H2,1-2H3,(H,10,11,12). The highest BCUT2D eigenvalue weighted by Gasteiger charge is 2.06. The van der Waals surface area contributed by atoms with Gasteiger partial charge in [-0.2, -0.15) is 8.42 Å². The SMILES string of the molecule is Cc1cc(CCCS(=O)(=O)O)c(C)s1. The van der Waals surface area contributed by atoms with Crippen molar-refractivity contribution in [1.29, 1.82) is 0 Å². The van der Waals surface area contributed by atoms with E-state index >= 15 is 0 Å². The molecule has 0 unspecified atom stereocenters. The Kier molecular flexibility index (Phi) is 3.69. The zero-order chi connectivity index (χ0) is 10.8. The molecule has 0 fully saturated rings. The van der Waals surface area contributed by atoms with E-state index in [9.17, 15) is 8.42 Å². The van der Waals surface area contributed by atoms with Crippen molar-refractivity contribution < 1.29 is 13.0 Å². The fraction of sp³-hybridized carbons (Fsp3) is 0.556. The lowest BCUT2D eigenvalue weighted by Gasteiger charge is -1.98. The van der Waals surface area contributed by atoms with Crippen molar-refractivity contribution in [3.05, 3.63) is 21.4 Å². The summed E-state index contributed by atoms with van der Waals surface area (Å²) in [6.45, 7) is 4.06. The number of thiophene rings is 1. The van der Waals surface area contributed by atoms with Crippen LogP contribution in [0.4, 0.5) is 0 Å². The van der Waals surface area contributed by atoms with E-state index in [0.29, 0.717) is 6.42 Å². The Labute approximate surface area is 88.5 Å². The van der Waals surface area contributed by atoms with Crippen molar-refractivity contribution in [3.8, 4) is 0 Å². The van der Waals surface area contributed by atoms with E-state index in [4.69, 9.17) is 4.55 Å². The molecule has 0 saturated carbocycles. The van der Waals surface area contributed by atoms with Gasteiger partial charge in [0, 0.05) is 9.75 Å². The monoisotopic (exact) mass is 234 g/mol. The van der Waals surface area contributed by atoms with Gasteiger partial charge >= 0.3 is 0 Å². The van der Waals surface area contributed by atoms with Gasteiger partial charge in [-0.05, 0) is 38.3 Å². The smallest absolute Gasteiger partial charge is 0.264 e. The number of hydrogen-bond acceptors (Lipinski definition) is 3. The first-order chi connectivity index (χ1) is 6.38. The van der Waals surface area contributed by atoms with Crippen molar-refractivity contribution >= 4 is 21.5 Å². The van der Waals surface area contributed by atoms with E-state index in [1.54, 1.807) is 11.3 Å². The van der Waals surface area contributed by atoms with Gasteiger partial charge in [0.15, 0.2) is 0 Å². The highest BCUT2D eigenvalue weighted by Crippen LogP contribution is 2.21. The molecule has 1 rings (SSSR count). The minimum Gasteiger partial charge on any atom is -0.286 e. The van der Waals surface area contributed by atoms with Gasteiger partial charge in [-0.15, -0.1) is 11.3 Å². The van der Waals surface area contributed by atoms with Gasteiger partial charge in [-0.1, -0.05) is 0 Å². The Bertz CT molecular complexity index is 404. The largest absolute Gasteiger partial charge is 0.286 e. The predicted molar refractivity (Wildman–Crippen MR) is 58.5 cm³/mol. The molecule has 3 nitrogen and oxygen atoms in total. The lowest BCUT2D eigenvalue weighted by atomic mass is 10.1. The fourth-order valence-electron chi connectivity index (χ4n) is 1.38. The van der Waals surface area contributed by atoms with Gasteiger partial charge in [0.2, 0.25) is 0 Å². The molecule has 1 N–H and O–H groups in total. The second-order valence-electron chi connectivity index (χ2n) is 3.33. The summed E-state index contributed by atoms with van der Waals surface area (Å²) in [5.74, 6) is -0.151. The van der Waals surface area contributed by atoms with Gasteiger partial charge < -0.3 is 0 Å². The Balaban J connectivity index is 2.50. The van der Waals surface area contributed by atoms with Crippen molar-refractivity contribution in [3.63, 3.8) is 0 Å². The molecule has 0 saturated heterocycles. The summed E-state index contributed by atoms with van der Waals surface area (Å²) in [5.41, 5.74) is 1.19. The molecule has 1 aromatic rings. The van der Waals surface area contributed by atoms with Crippen LogP contribution in [0.3, 0.4) is 0 Å². The van der Waals surface area contributed by atoms with Crippen LogP contribution >= 0.6 is 11.3 Å². The molecule has 0 aliphatic heterocycles. The van der Waals surface area contributed by atoms with Gasteiger partial charge in [-0.3, -0.25) is 4.55 Å². The van der Waals surface area contributed by atoms with Crippen LogP contribution in [0.2, 0.25) is 0 Å². The van der Waals surface area contributed by atoms with Crippen molar-refractivity contribution in [1.82, 2.24) is 0 Å². The van der Waals surface area contributed by atoms with Gasteiger partial charge in [0.05, 0.1) is 5.75 Å². The highest BCUT2D eigenvalue weighted by atomic mass is 32.2. The van der Waals surface area contributed by atoms with Crippen LogP contribution in [-0.2, 0) is 16.5 Å². The normalized spacial score (nSPS) is 11.9. The Hall–Kier alpha value is -0.390. The maximum Gasteiger partial charge on any atom is 0.264 e. The van der Waals surface area contributed by atoms with Crippen LogP contribution in [0.1, 0.15) is 21.7 Å². The third-order valence-electron chi connectivity index (χ3n) is 1.99. The third kappa shape index (κ3) is 3.77. The van der Waals surface area contributed by atoms with Crippen LogP contribution in [-0.4, -0.2) is 18.7 Å². The molecule has 0 radical (unpaired) electrons. The molecule has 5 heteroatoms. The Morgan fingerprint density at radius 3 is 2.50 bits per heavy atom. The fourth-order valence-corrected chi connectivity index (χ4v) is 2.86. The average molecular weight is 234 g/mol. The van der Waals surface area contributed by atoms with Crippen LogP contribution in [0.25, 0.3) is 0 Å². The molecular formula is C9H14O3S2. The molecule has 14 heavy (non-hydrogen) atoms. The number of rotatable bonds is 4. The van der Waals surface area contributed by atoms with Crippen molar-refractivity contribution in [2.45, 2.75) is 26.7 Å². The summed E-state index contributed by atoms with van der Waals surface area (Å²) in [6.07, 6.45) is 1.20. The predicted octanol–water partition coefficient (Wildman–Crippen LogP) is 2.19. The zero-order valence-electron chi connectivity index (χ0n) is 8.28. The van der Waals surface area contributed by atoms with E-state index < -0.39 is 10.1 Å². The van der Waals surface area contributed by atoms with Gasteiger partial charge in [0.25, 0.3) is 10.1 Å². The molecule has 0 aromatic carbocycles. The molecule has 0 atom stereocenters. The summed E-state index contributed by atoms with van der Waals surface area (Å²) in [7, 11) is -3.80. The maximum atomic E-state index is 10.5. The highest BCUT2D eigenvalue weighted by molar-refractivity contribution is 7.85. The molecule has 0 aliphatic carbocycles. The third-order valence-corrected chi connectivity index (χ3v) is 3.80. The lowest BCUT2D eigenvalue weighted by Crippen LogP contribution is -2.04. The molecule has 0 spiro atoms. The molecule has 0 aliphatic rings. The molecule has 0 amide bonds. The summed E-state index contributed by atoms with van der Waals surface area (Å²) in [6, 6.07) is 2.07. The Morgan fingerprint density at radius 2 is 2.07 bits per heavy atom. The average Bonchev–Trinajstić information content (AvgIpc) is 2.27. The van der Waals surface area contributed by atoms with Crippen LogP contribution < -0.4 is 0 Å². The second kappa shape index (κ2) is 4.42. The van der Waals surface area contributed by atoms with E-state index in [0.717, 1.165) is 6.42 Å². The topological polar surface area (TPSA) is 54.4 Å². The molecule has 0 bridgehead atoms. The first-order valence-electron chi connectivity index (χ1n) is 4.39. The summed E-state index contributed by atoms with van der Waals surface area (Å²) >= 11 is 1.72. The van der Waals surface area contributed by atoms with Gasteiger partial charge in [-0.25, -0.2) is 0 Å². The van der Waals surface area contributed by atoms with Crippen LogP contribution in [0, 0.1) is 13.8 Å². The van der Waals surface area contributed by atoms with E-state index in [1.165, 1.54) is 15.3 Å². The van der Waals surface area contributed by atoms with E-state index in [1.807, 2.05) is 13.8 Å². The van der Waals surface area contributed by atoms with Crippen LogP contribution in [0.15, 0.2) is 6.07 Å².